The highest BCUT2D eigenvalue weighted by Crippen LogP contribution is 2.08. The maximum Gasteiger partial charge on any atom is 0.315 e. The van der Waals surface area contributed by atoms with Crippen LogP contribution >= 0.6 is 11.3 Å². The van der Waals surface area contributed by atoms with Crippen molar-refractivity contribution < 1.29 is 14.7 Å². The van der Waals surface area contributed by atoms with E-state index in [0.29, 0.717) is 0 Å². The van der Waals surface area contributed by atoms with Crippen LogP contribution in [0, 0.1) is 0 Å². The highest BCUT2D eigenvalue weighted by molar-refractivity contribution is 7.07. The number of hydrogen-bond donors (Lipinski definition) is 3. The number of carboxylic acid groups (broad SMARTS) is 1. The summed E-state index contributed by atoms with van der Waals surface area (Å²) < 4.78 is 0. The van der Waals surface area contributed by atoms with Crippen LogP contribution < -0.4 is 10.6 Å². The Morgan fingerprint density at radius 3 is 2.56 bits per heavy atom. The molecule has 0 aliphatic carbocycles. The number of hydrogen-bond acceptors (Lipinski definition) is 3. The topological polar surface area (TPSA) is 78.4 Å². The first-order valence-corrected chi connectivity index (χ1v) is 6.71. The lowest BCUT2D eigenvalue weighted by Crippen LogP contribution is -2.45. The van der Waals surface area contributed by atoms with Gasteiger partial charge in [0.15, 0.2) is 0 Å². The van der Waals surface area contributed by atoms with E-state index in [1.54, 1.807) is 18.3 Å². The normalized spacial score (nSPS) is 13.7. The number of carboxylic acids is 1. The van der Waals surface area contributed by atoms with Gasteiger partial charge in [0.2, 0.25) is 0 Å². The average molecular weight is 270 g/mol. The average Bonchev–Trinajstić information content (AvgIpc) is 2.67. The fraction of sp³-hybridized carbons (Fsp3) is 0.500. The SMILES string of the molecule is CC(CC(=O)O)NC(=O)NC(C)Cc1ccsc1. The fourth-order valence-electron chi connectivity index (χ4n) is 1.62. The first-order valence-electron chi connectivity index (χ1n) is 5.77. The minimum Gasteiger partial charge on any atom is -0.481 e. The van der Waals surface area contributed by atoms with Crippen molar-refractivity contribution in [2.24, 2.45) is 0 Å². The van der Waals surface area contributed by atoms with E-state index in [1.807, 2.05) is 23.8 Å². The molecule has 6 heteroatoms. The van der Waals surface area contributed by atoms with Crippen molar-refractivity contribution in [1.29, 1.82) is 0 Å². The fourth-order valence-corrected chi connectivity index (χ4v) is 2.30. The largest absolute Gasteiger partial charge is 0.481 e. The van der Waals surface area contributed by atoms with Gasteiger partial charge >= 0.3 is 12.0 Å². The van der Waals surface area contributed by atoms with Crippen molar-refractivity contribution in [2.45, 2.75) is 38.8 Å². The zero-order valence-corrected chi connectivity index (χ0v) is 11.3. The molecular formula is C12H18N2O3S. The van der Waals surface area contributed by atoms with Gasteiger partial charge in [-0.3, -0.25) is 4.79 Å². The molecule has 0 aromatic carbocycles. The second kappa shape index (κ2) is 7.00. The predicted molar refractivity (Wildman–Crippen MR) is 70.9 cm³/mol. The summed E-state index contributed by atoms with van der Waals surface area (Å²) in [5.74, 6) is -0.922. The molecule has 2 unspecified atom stereocenters. The van der Waals surface area contributed by atoms with Gasteiger partial charge < -0.3 is 15.7 Å². The number of thiophene rings is 1. The Balaban J connectivity index is 2.29. The van der Waals surface area contributed by atoms with E-state index >= 15 is 0 Å². The van der Waals surface area contributed by atoms with Crippen molar-refractivity contribution in [3.8, 4) is 0 Å². The summed E-state index contributed by atoms with van der Waals surface area (Å²) in [5.41, 5.74) is 1.19. The third-order valence-corrected chi connectivity index (χ3v) is 3.09. The molecule has 0 fully saturated rings. The van der Waals surface area contributed by atoms with E-state index in [9.17, 15) is 9.59 Å². The third kappa shape index (κ3) is 5.67. The zero-order chi connectivity index (χ0) is 13.5. The summed E-state index contributed by atoms with van der Waals surface area (Å²) in [6.45, 7) is 3.58. The van der Waals surface area contributed by atoms with Gasteiger partial charge in [0.25, 0.3) is 0 Å². The summed E-state index contributed by atoms with van der Waals surface area (Å²) in [5, 5.41) is 18.0. The van der Waals surface area contributed by atoms with Crippen LogP contribution in [0.25, 0.3) is 0 Å². The van der Waals surface area contributed by atoms with Crippen LogP contribution in [0.1, 0.15) is 25.8 Å². The molecule has 18 heavy (non-hydrogen) atoms. The highest BCUT2D eigenvalue weighted by atomic mass is 32.1. The van der Waals surface area contributed by atoms with Gasteiger partial charge in [-0.15, -0.1) is 0 Å². The summed E-state index contributed by atoms with van der Waals surface area (Å²) in [6, 6.07) is 1.33. The van der Waals surface area contributed by atoms with E-state index in [1.165, 1.54) is 5.56 Å². The van der Waals surface area contributed by atoms with E-state index in [-0.39, 0.29) is 24.5 Å². The number of amides is 2. The molecule has 0 spiro atoms. The van der Waals surface area contributed by atoms with E-state index in [2.05, 4.69) is 10.6 Å². The summed E-state index contributed by atoms with van der Waals surface area (Å²) in [6.07, 6.45) is 0.691. The Morgan fingerprint density at radius 2 is 2.00 bits per heavy atom. The number of rotatable bonds is 6. The van der Waals surface area contributed by atoms with Gasteiger partial charge in [0.05, 0.1) is 6.42 Å². The van der Waals surface area contributed by atoms with Crippen LogP contribution in [-0.4, -0.2) is 29.2 Å². The molecule has 2 amide bonds. The minimum absolute atomic E-state index is 0.0108. The molecule has 0 aliphatic rings. The smallest absolute Gasteiger partial charge is 0.315 e. The second-order valence-electron chi connectivity index (χ2n) is 4.35. The molecule has 100 valence electrons. The molecule has 0 saturated heterocycles. The quantitative estimate of drug-likeness (QED) is 0.738. The van der Waals surface area contributed by atoms with Crippen LogP contribution in [0.3, 0.4) is 0 Å². The van der Waals surface area contributed by atoms with Gasteiger partial charge in [-0.25, -0.2) is 4.79 Å². The van der Waals surface area contributed by atoms with Crippen molar-refractivity contribution in [2.75, 3.05) is 0 Å². The van der Waals surface area contributed by atoms with Gasteiger partial charge in [-0.1, -0.05) is 0 Å². The van der Waals surface area contributed by atoms with Gasteiger partial charge in [0.1, 0.15) is 0 Å². The van der Waals surface area contributed by atoms with Crippen LogP contribution in [0.2, 0.25) is 0 Å². The molecule has 1 heterocycles. The Hall–Kier alpha value is -1.56. The first-order chi connectivity index (χ1) is 8.47. The molecule has 0 radical (unpaired) electrons. The van der Waals surface area contributed by atoms with Gasteiger partial charge in [-0.2, -0.15) is 11.3 Å². The van der Waals surface area contributed by atoms with Gasteiger partial charge in [0, 0.05) is 12.1 Å². The Kier molecular flexibility index (Phi) is 5.64. The number of carbonyl (C=O) groups excluding carboxylic acids is 1. The number of nitrogens with one attached hydrogen (secondary N) is 2. The predicted octanol–water partition coefficient (Wildman–Crippen LogP) is 1.84. The van der Waals surface area contributed by atoms with Gasteiger partial charge in [-0.05, 0) is 42.7 Å². The zero-order valence-electron chi connectivity index (χ0n) is 10.5. The summed E-state index contributed by atoms with van der Waals surface area (Å²) in [4.78, 5) is 22.0. The standard InChI is InChI=1S/C12H18N2O3S/c1-8(5-10-3-4-18-7-10)13-12(17)14-9(2)6-11(15)16/h3-4,7-9H,5-6H2,1-2H3,(H,15,16)(H2,13,14,17). The van der Waals surface area contributed by atoms with Crippen LogP contribution in [-0.2, 0) is 11.2 Å². The second-order valence-corrected chi connectivity index (χ2v) is 5.13. The molecule has 1 aromatic heterocycles. The van der Waals surface area contributed by atoms with Crippen LogP contribution in [0.15, 0.2) is 16.8 Å². The lowest BCUT2D eigenvalue weighted by molar-refractivity contribution is -0.137. The summed E-state index contributed by atoms with van der Waals surface area (Å²) in [7, 11) is 0. The molecule has 0 saturated carbocycles. The molecule has 0 bridgehead atoms. The maximum atomic E-state index is 11.6. The molecule has 5 nitrogen and oxygen atoms in total. The monoisotopic (exact) mass is 270 g/mol. The Morgan fingerprint density at radius 1 is 1.33 bits per heavy atom. The lowest BCUT2D eigenvalue weighted by atomic mass is 10.1. The van der Waals surface area contributed by atoms with Crippen molar-refractivity contribution >= 4 is 23.3 Å². The number of carbonyl (C=O) groups is 2. The van der Waals surface area contributed by atoms with Crippen molar-refractivity contribution in [3.63, 3.8) is 0 Å². The molecule has 3 N–H and O–H groups in total. The van der Waals surface area contributed by atoms with Crippen LogP contribution in [0.4, 0.5) is 4.79 Å². The highest BCUT2D eigenvalue weighted by Gasteiger charge is 2.13. The first kappa shape index (κ1) is 14.5. The Labute approximate surface area is 110 Å². The molecule has 2 atom stereocenters. The van der Waals surface area contributed by atoms with Crippen molar-refractivity contribution in [3.05, 3.63) is 22.4 Å². The minimum atomic E-state index is -0.922. The van der Waals surface area contributed by atoms with Crippen LogP contribution in [0.5, 0.6) is 0 Å². The molecule has 1 aromatic rings. The lowest BCUT2D eigenvalue weighted by Gasteiger charge is -2.16. The van der Waals surface area contributed by atoms with E-state index < -0.39 is 5.97 Å². The summed E-state index contributed by atoms with van der Waals surface area (Å²) >= 11 is 1.62. The van der Waals surface area contributed by atoms with Crippen molar-refractivity contribution in [1.82, 2.24) is 10.6 Å². The van der Waals surface area contributed by atoms with E-state index in [0.717, 1.165) is 6.42 Å². The Bertz CT molecular complexity index is 392. The maximum absolute atomic E-state index is 11.6. The molecule has 1 rings (SSSR count). The number of urea groups is 1. The molecule has 0 aliphatic heterocycles. The third-order valence-electron chi connectivity index (χ3n) is 2.36. The number of aliphatic carboxylic acids is 1. The van der Waals surface area contributed by atoms with E-state index in [4.69, 9.17) is 5.11 Å². The molecular weight excluding hydrogens is 252 g/mol.